The molecule has 6 heteroatoms. The van der Waals surface area contributed by atoms with Crippen molar-refractivity contribution in [2.24, 2.45) is 5.92 Å². The van der Waals surface area contributed by atoms with Gasteiger partial charge in [0.1, 0.15) is 5.82 Å². The maximum absolute atomic E-state index is 13.1. The number of aromatic amines is 1. The summed E-state index contributed by atoms with van der Waals surface area (Å²) in [6.45, 7) is 9.25. The van der Waals surface area contributed by atoms with Crippen LogP contribution in [-0.4, -0.2) is 36.1 Å². The topological polar surface area (TPSA) is 52.2 Å². The fourth-order valence-corrected chi connectivity index (χ4v) is 3.22. The Hall–Kier alpha value is -2.37. The SMILES string of the molecule is Cc1nc(N2CCN(c3ccc(F)cc3)CC2)[nH]c(=O)c1CC(C)C. The number of rotatable bonds is 4. The lowest BCUT2D eigenvalue weighted by Crippen LogP contribution is -2.47. The summed E-state index contributed by atoms with van der Waals surface area (Å²) in [7, 11) is 0. The van der Waals surface area contributed by atoms with Crippen molar-refractivity contribution in [3.05, 3.63) is 51.7 Å². The molecule has 1 aliphatic rings. The molecule has 1 aromatic carbocycles. The van der Waals surface area contributed by atoms with Gasteiger partial charge in [0.15, 0.2) is 0 Å². The van der Waals surface area contributed by atoms with Gasteiger partial charge in [-0.25, -0.2) is 9.37 Å². The van der Waals surface area contributed by atoms with Crippen LogP contribution in [0.5, 0.6) is 0 Å². The molecule has 1 aliphatic heterocycles. The van der Waals surface area contributed by atoms with Crippen LogP contribution in [0.15, 0.2) is 29.1 Å². The molecule has 1 aromatic heterocycles. The van der Waals surface area contributed by atoms with Gasteiger partial charge in [0.25, 0.3) is 5.56 Å². The molecule has 1 fully saturated rings. The molecule has 1 saturated heterocycles. The number of aromatic nitrogens is 2. The number of anilines is 2. The van der Waals surface area contributed by atoms with Crippen molar-refractivity contribution >= 4 is 11.6 Å². The normalized spacial score (nSPS) is 15.1. The predicted octanol–water partition coefficient (Wildman–Crippen LogP) is 2.74. The van der Waals surface area contributed by atoms with E-state index in [0.717, 1.165) is 49.5 Å². The van der Waals surface area contributed by atoms with Crippen LogP contribution in [0, 0.1) is 18.7 Å². The maximum atomic E-state index is 13.1. The Morgan fingerprint density at radius 2 is 1.72 bits per heavy atom. The van der Waals surface area contributed by atoms with E-state index in [1.807, 2.05) is 6.92 Å². The van der Waals surface area contributed by atoms with Crippen LogP contribution < -0.4 is 15.4 Å². The standard InChI is InChI=1S/C19H25FN4O/c1-13(2)12-17-14(3)21-19(22-18(17)25)24-10-8-23(9-11-24)16-6-4-15(20)5-7-16/h4-7,13H,8-12H2,1-3H3,(H,21,22,25). The molecular weight excluding hydrogens is 319 g/mol. The van der Waals surface area contributed by atoms with Gasteiger partial charge in [0.05, 0.1) is 0 Å². The lowest BCUT2D eigenvalue weighted by Gasteiger charge is -2.36. The summed E-state index contributed by atoms with van der Waals surface area (Å²) in [5.41, 5.74) is 2.58. The zero-order valence-corrected chi connectivity index (χ0v) is 15.1. The average Bonchev–Trinajstić information content (AvgIpc) is 2.59. The second-order valence-corrected chi connectivity index (χ2v) is 7.00. The average molecular weight is 344 g/mol. The van der Waals surface area contributed by atoms with Gasteiger partial charge in [0.2, 0.25) is 5.95 Å². The van der Waals surface area contributed by atoms with Gasteiger partial charge in [0, 0.05) is 43.1 Å². The van der Waals surface area contributed by atoms with Crippen LogP contribution in [0.3, 0.4) is 0 Å². The largest absolute Gasteiger partial charge is 0.368 e. The molecule has 25 heavy (non-hydrogen) atoms. The van der Waals surface area contributed by atoms with Crippen LogP contribution in [0.4, 0.5) is 16.0 Å². The zero-order valence-electron chi connectivity index (χ0n) is 15.1. The van der Waals surface area contributed by atoms with E-state index in [0.29, 0.717) is 11.9 Å². The molecule has 0 spiro atoms. The third kappa shape index (κ3) is 4.00. The lowest BCUT2D eigenvalue weighted by molar-refractivity contribution is 0.618. The summed E-state index contributed by atoms with van der Waals surface area (Å²) in [5, 5.41) is 0. The Balaban J connectivity index is 1.70. The summed E-state index contributed by atoms with van der Waals surface area (Å²) >= 11 is 0. The fraction of sp³-hybridized carbons (Fsp3) is 0.474. The highest BCUT2D eigenvalue weighted by Crippen LogP contribution is 2.19. The molecule has 0 saturated carbocycles. The number of nitrogens with zero attached hydrogens (tertiary/aromatic N) is 3. The summed E-state index contributed by atoms with van der Waals surface area (Å²) in [4.78, 5) is 24.3. The Morgan fingerprint density at radius 1 is 1.12 bits per heavy atom. The highest BCUT2D eigenvalue weighted by Gasteiger charge is 2.20. The van der Waals surface area contributed by atoms with Gasteiger partial charge >= 0.3 is 0 Å². The minimum Gasteiger partial charge on any atom is -0.368 e. The molecule has 5 nitrogen and oxygen atoms in total. The van der Waals surface area contributed by atoms with Crippen LogP contribution in [0.25, 0.3) is 0 Å². The molecule has 1 N–H and O–H groups in total. The fourth-order valence-electron chi connectivity index (χ4n) is 3.22. The molecular formula is C19H25FN4O. The molecule has 0 radical (unpaired) electrons. The van der Waals surface area contributed by atoms with Crippen molar-refractivity contribution in [2.75, 3.05) is 36.0 Å². The summed E-state index contributed by atoms with van der Waals surface area (Å²) in [6, 6.07) is 6.57. The second kappa shape index (κ2) is 7.25. The number of benzene rings is 1. The van der Waals surface area contributed by atoms with E-state index < -0.39 is 0 Å². The van der Waals surface area contributed by atoms with E-state index in [4.69, 9.17) is 0 Å². The number of nitrogens with one attached hydrogen (secondary N) is 1. The quantitative estimate of drug-likeness (QED) is 0.927. The van der Waals surface area contributed by atoms with Crippen LogP contribution in [-0.2, 0) is 6.42 Å². The number of halogens is 1. The summed E-state index contributed by atoms with van der Waals surface area (Å²) in [5.74, 6) is 0.849. The molecule has 2 aromatic rings. The zero-order chi connectivity index (χ0) is 18.0. The van der Waals surface area contributed by atoms with Crippen molar-refractivity contribution in [1.82, 2.24) is 9.97 Å². The predicted molar refractivity (Wildman–Crippen MR) is 99.0 cm³/mol. The van der Waals surface area contributed by atoms with Crippen molar-refractivity contribution in [1.29, 1.82) is 0 Å². The first kappa shape index (κ1) is 17.5. The Bertz CT molecular complexity index is 777. The Labute approximate surface area is 147 Å². The molecule has 2 heterocycles. The van der Waals surface area contributed by atoms with Crippen LogP contribution in [0.1, 0.15) is 25.1 Å². The Morgan fingerprint density at radius 3 is 2.28 bits per heavy atom. The monoisotopic (exact) mass is 344 g/mol. The van der Waals surface area contributed by atoms with Gasteiger partial charge < -0.3 is 9.80 Å². The molecule has 0 atom stereocenters. The number of hydrogen-bond donors (Lipinski definition) is 1. The summed E-state index contributed by atoms with van der Waals surface area (Å²) in [6.07, 6.45) is 0.743. The minimum absolute atomic E-state index is 0.0304. The number of piperazine rings is 1. The highest BCUT2D eigenvalue weighted by atomic mass is 19.1. The molecule has 134 valence electrons. The van der Waals surface area contributed by atoms with E-state index in [1.54, 1.807) is 12.1 Å². The van der Waals surface area contributed by atoms with Crippen molar-refractivity contribution < 1.29 is 4.39 Å². The van der Waals surface area contributed by atoms with Crippen molar-refractivity contribution in [3.63, 3.8) is 0 Å². The first-order valence-electron chi connectivity index (χ1n) is 8.79. The van der Waals surface area contributed by atoms with E-state index >= 15 is 0 Å². The molecule has 0 bridgehead atoms. The van der Waals surface area contributed by atoms with E-state index in [9.17, 15) is 9.18 Å². The third-order valence-electron chi connectivity index (χ3n) is 4.59. The van der Waals surface area contributed by atoms with Crippen LogP contribution in [0.2, 0.25) is 0 Å². The number of aryl methyl sites for hydroxylation is 1. The van der Waals surface area contributed by atoms with E-state index in [2.05, 4.69) is 33.6 Å². The van der Waals surface area contributed by atoms with Crippen molar-refractivity contribution in [3.8, 4) is 0 Å². The minimum atomic E-state index is -0.221. The molecule has 3 rings (SSSR count). The molecule has 0 unspecified atom stereocenters. The molecule has 0 aliphatic carbocycles. The molecule has 0 amide bonds. The van der Waals surface area contributed by atoms with Gasteiger partial charge in [-0.2, -0.15) is 0 Å². The van der Waals surface area contributed by atoms with Gasteiger partial charge in [-0.3, -0.25) is 9.78 Å². The third-order valence-corrected chi connectivity index (χ3v) is 4.59. The first-order chi connectivity index (χ1) is 11.9. The number of hydrogen-bond acceptors (Lipinski definition) is 4. The lowest BCUT2D eigenvalue weighted by atomic mass is 10.0. The first-order valence-corrected chi connectivity index (χ1v) is 8.79. The highest BCUT2D eigenvalue weighted by molar-refractivity contribution is 5.48. The maximum Gasteiger partial charge on any atom is 0.255 e. The summed E-state index contributed by atoms with van der Waals surface area (Å²) < 4.78 is 13.1. The van der Waals surface area contributed by atoms with Gasteiger partial charge in [-0.1, -0.05) is 13.8 Å². The second-order valence-electron chi connectivity index (χ2n) is 7.00. The van der Waals surface area contributed by atoms with Crippen molar-refractivity contribution in [2.45, 2.75) is 27.2 Å². The number of H-pyrrole nitrogens is 1. The van der Waals surface area contributed by atoms with E-state index in [-0.39, 0.29) is 11.4 Å². The van der Waals surface area contributed by atoms with Gasteiger partial charge in [-0.15, -0.1) is 0 Å². The smallest absolute Gasteiger partial charge is 0.255 e. The van der Waals surface area contributed by atoms with E-state index in [1.165, 1.54) is 12.1 Å². The van der Waals surface area contributed by atoms with Crippen LogP contribution >= 0.6 is 0 Å². The Kier molecular flexibility index (Phi) is 5.06. The van der Waals surface area contributed by atoms with Gasteiger partial charge in [-0.05, 0) is 43.5 Å².